The quantitative estimate of drug-likeness (QED) is 0.586. The second kappa shape index (κ2) is 7.63. The van der Waals surface area contributed by atoms with Crippen molar-refractivity contribution in [3.63, 3.8) is 0 Å². The van der Waals surface area contributed by atoms with Gasteiger partial charge in [0.2, 0.25) is 0 Å². The normalized spacial score (nSPS) is 11.2. The summed E-state index contributed by atoms with van der Waals surface area (Å²) in [7, 11) is 0. The number of halogens is 5. The maximum Gasteiger partial charge on any atom is 0.418 e. The predicted octanol–water partition coefficient (Wildman–Crippen LogP) is 5.37. The lowest BCUT2D eigenvalue weighted by atomic mass is 10.1. The van der Waals surface area contributed by atoms with E-state index in [9.17, 15) is 26.7 Å². The van der Waals surface area contributed by atoms with Crippen molar-refractivity contribution in [3.8, 4) is 0 Å². The van der Waals surface area contributed by atoms with Gasteiger partial charge < -0.3 is 10.6 Å². The van der Waals surface area contributed by atoms with Crippen molar-refractivity contribution >= 4 is 23.1 Å². The maximum absolute atomic E-state index is 13.2. The smallest absolute Gasteiger partial charge is 0.340 e. The molecular formula is C19H12F5N3O. The highest BCUT2D eigenvalue weighted by atomic mass is 19.4. The van der Waals surface area contributed by atoms with Gasteiger partial charge in [-0.1, -0.05) is 12.1 Å². The molecule has 1 aromatic heterocycles. The van der Waals surface area contributed by atoms with Crippen molar-refractivity contribution in [2.75, 3.05) is 10.6 Å². The van der Waals surface area contributed by atoms with Crippen LogP contribution in [0.2, 0.25) is 0 Å². The molecule has 0 unspecified atom stereocenters. The fraction of sp³-hybridized carbons (Fsp3) is 0.0526. The van der Waals surface area contributed by atoms with Crippen LogP contribution in [0.3, 0.4) is 0 Å². The molecule has 28 heavy (non-hydrogen) atoms. The number of hydrogen-bond acceptors (Lipinski definition) is 3. The Labute approximate surface area is 156 Å². The van der Waals surface area contributed by atoms with Crippen LogP contribution in [-0.4, -0.2) is 10.9 Å². The third-order valence-electron chi connectivity index (χ3n) is 3.69. The highest BCUT2D eigenvalue weighted by molar-refractivity contribution is 6.04. The van der Waals surface area contributed by atoms with E-state index in [1.165, 1.54) is 42.6 Å². The molecule has 0 atom stereocenters. The number of para-hydroxylation sites is 1. The average Bonchev–Trinajstić information content (AvgIpc) is 2.64. The molecule has 2 aromatic carbocycles. The Morgan fingerprint density at radius 2 is 1.68 bits per heavy atom. The van der Waals surface area contributed by atoms with Gasteiger partial charge >= 0.3 is 6.18 Å². The molecular weight excluding hydrogens is 381 g/mol. The molecule has 9 heteroatoms. The minimum Gasteiger partial charge on any atom is -0.340 e. The number of amides is 1. The zero-order valence-electron chi connectivity index (χ0n) is 14.0. The molecule has 144 valence electrons. The molecule has 0 saturated heterocycles. The molecule has 1 heterocycles. The zero-order chi connectivity index (χ0) is 20.3. The van der Waals surface area contributed by atoms with E-state index >= 15 is 0 Å². The monoisotopic (exact) mass is 393 g/mol. The number of pyridine rings is 1. The summed E-state index contributed by atoms with van der Waals surface area (Å²) in [5.41, 5.74) is -1.02. The standard InChI is InChI=1S/C19H12F5N3O/c20-14-6-5-12(10-15(14)21)26-18(28)11-7-8-25-17(9-11)27-16-4-2-1-3-13(16)19(22,23)24/h1-10H,(H,25,27)(H,26,28). The van der Waals surface area contributed by atoms with E-state index in [0.29, 0.717) is 0 Å². The van der Waals surface area contributed by atoms with E-state index in [1.54, 1.807) is 0 Å². The number of alkyl halides is 3. The Morgan fingerprint density at radius 3 is 2.39 bits per heavy atom. The minimum atomic E-state index is -4.56. The van der Waals surface area contributed by atoms with Crippen molar-refractivity contribution in [2.45, 2.75) is 6.18 Å². The molecule has 0 aliphatic heterocycles. The first-order valence-electron chi connectivity index (χ1n) is 7.90. The average molecular weight is 393 g/mol. The van der Waals surface area contributed by atoms with Crippen LogP contribution in [0.4, 0.5) is 39.1 Å². The maximum atomic E-state index is 13.2. The lowest BCUT2D eigenvalue weighted by molar-refractivity contribution is -0.136. The highest BCUT2D eigenvalue weighted by Crippen LogP contribution is 2.35. The highest BCUT2D eigenvalue weighted by Gasteiger charge is 2.33. The molecule has 0 bridgehead atoms. The van der Waals surface area contributed by atoms with Crippen LogP contribution in [0, 0.1) is 11.6 Å². The molecule has 0 spiro atoms. The molecule has 0 aliphatic carbocycles. The van der Waals surface area contributed by atoms with E-state index in [0.717, 1.165) is 18.2 Å². The van der Waals surface area contributed by atoms with Crippen molar-refractivity contribution in [2.24, 2.45) is 0 Å². The van der Waals surface area contributed by atoms with E-state index in [-0.39, 0.29) is 22.8 Å². The number of nitrogens with zero attached hydrogens (tertiary/aromatic N) is 1. The van der Waals surface area contributed by atoms with Gasteiger partial charge in [-0.05, 0) is 36.4 Å². The molecule has 0 radical (unpaired) electrons. The summed E-state index contributed by atoms with van der Waals surface area (Å²) in [5, 5.41) is 4.91. The number of hydrogen-bond donors (Lipinski definition) is 2. The predicted molar refractivity (Wildman–Crippen MR) is 93.3 cm³/mol. The summed E-state index contributed by atoms with van der Waals surface area (Å²) in [4.78, 5) is 16.2. The Bertz CT molecular complexity index is 1020. The van der Waals surface area contributed by atoms with Gasteiger partial charge in [-0.25, -0.2) is 13.8 Å². The number of aromatic nitrogens is 1. The van der Waals surface area contributed by atoms with Gasteiger partial charge in [-0.15, -0.1) is 0 Å². The largest absolute Gasteiger partial charge is 0.418 e. The van der Waals surface area contributed by atoms with Crippen LogP contribution in [0.15, 0.2) is 60.8 Å². The first-order chi connectivity index (χ1) is 13.2. The Kier molecular flexibility index (Phi) is 5.25. The number of anilines is 3. The van der Waals surface area contributed by atoms with Crippen LogP contribution >= 0.6 is 0 Å². The molecule has 0 aliphatic rings. The molecule has 4 nitrogen and oxygen atoms in total. The van der Waals surface area contributed by atoms with Crippen molar-refractivity contribution in [1.82, 2.24) is 4.98 Å². The first kappa shape index (κ1) is 19.3. The second-order valence-corrected chi connectivity index (χ2v) is 5.68. The first-order valence-corrected chi connectivity index (χ1v) is 7.90. The summed E-state index contributed by atoms with van der Waals surface area (Å²) >= 11 is 0. The SMILES string of the molecule is O=C(Nc1ccc(F)c(F)c1)c1ccnc(Nc2ccccc2C(F)(F)F)c1. The van der Waals surface area contributed by atoms with Gasteiger partial charge in [0.25, 0.3) is 5.91 Å². The van der Waals surface area contributed by atoms with Gasteiger partial charge in [0, 0.05) is 23.5 Å². The topological polar surface area (TPSA) is 54.0 Å². The van der Waals surface area contributed by atoms with E-state index < -0.39 is 29.3 Å². The third kappa shape index (κ3) is 4.43. The second-order valence-electron chi connectivity index (χ2n) is 5.68. The van der Waals surface area contributed by atoms with Gasteiger partial charge in [-0.2, -0.15) is 13.2 Å². The van der Waals surface area contributed by atoms with Gasteiger partial charge in [0.05, 0.1) is 11.3 Å². The summed E-state index contributed by atoms with van der Waals surface area (Å²) in [5.74, 6) is -2.84. The molecule has 1 amide bonds. The Balaban J connectivity index is 1.81. The molecule has 2 N–H and O–H groups in total. The third-order valence-corrected chi connectivity index (χ3v) is 3.69. The molecule has 3 rings (SSSR count). The van der Waals surface area contributed by atoms with E-state index in [2.05, 4.69) is 15.6 Å². The summed E-state index contributed by atoms with van der Waals surface area (Å²) in [6.45, 7) is 0. The van der Waals surface area contributed by atoms with Crippen LogP contribution in [0.1, 0.15) is 15.9 Å². The van der Waals surface area contributed by atoms with Crippen LogP contribution in [-0.2, 0) is 6.18 Å². The number of rotatable bonds is 4. The lowest BCUT2D eigenvalue weighted by Crippen LogP contribution is -2.13. The number of carbonyl (C=O) groups is 1. The van der Waals surface area contributed by atoms with Gasteiger partial charge in [0.15, 0.2) is 11.6 Å². The lowest BCUT2D eigenvalue weighted by Gasteiger charge is -2.14. The van der Waals surface area contributed by atoms with E-state index in [1.807, 2.05) is 0 Å². The molecule has 0 fully saturated rings. The van der Waals surface area contributed by atoms with Crippen LogP contribution in [0.5, 0.6) is 0 Å². The van der Waals surface area contributed by atoms with Gasteiger partial charge in [0.1, 0.15) is 5.82 Å². The van der Waals surface area contributed by atoms with Crippen molar-refractivity contribution in [3.05, 3.63) is 83.6 Å². The van der Waals surface area contributed by atoms with Crippen LogP contribution in [0.25, 0.3) is 0 Å². The van der Waals surface area contributed by atoms with Gasteiger partial charge in [-0.3, -0.25) is 4.79 Å². The zero-order valence-corrected chi connectivity index (χ0v) is 14.0. The molecule has 3 aromatic rings. The Hall–Kier alpha value is -3.49. The minimum absolute atomic E-state index is 0.00892. The number of benzene rings is 2. The van der Waals surface area contributed by atoms with Crippen LogP contribution < -0.4 is 10.6 Å². The van der Waals surface area contributed by atoms with E-state index in [4.69, 9.17) is 0 Å². The van der Waals surface area contributed by atoms with Crippen molar-refractivity contribution in [1.29, 1.82) is 0 Å². The number of carbonyl (C=O) groups excluding carboxylic acids is 1. The fourth-order valence-electron chi connectivity index (χ4n) is 2.39. The fourth-order valence-corrected chi connectivity index (χ4v) is 2.39. The number of nitrogens with one attached hydrogen (secondary N) is 2. The summed E-state index contributed by atoms with van der Waals surface area (Å²) < 4.78 is 65.4. The summed E-state index contributed by atoms with van der Waals surface area (Å²) in [6, 6.07) is 10.3. The summed E-state index contributed by atoms with van der Waals surface area (Å²) in [6.07, 6.45) is -3.33. The Morgan fingerprint density at radius 1 is 0.929 bits per heavy atom. The molecule has 0 saturated carbocycles. The van der Waals surface area contributed by atoms with Crippen molar-refractivity contribution < 1.29 is 26.7 Å².